The van der Waals surface area contributed by atoms with E-state index in [1.165, 1.54) is 13.2 Å². The molecule has 1 aromatic rings. The van der Waals surface area contributed by atoms with Gasteiger partial charge in [-0.3, -0.25) is 10.1 Å². The van der Waals surface area contributed by atoms with Gasteiger partial charge in [-0.25, -0.2) is 4.79 Å². The number of hydrogen-bond donors (Lipinski definition) is 1. The van der Waals surface area contributed by atoms with E-state index in [-0.39, 0.29) is 18.9 Å². The molecule has 0 radical (unpaired) electrons. The fourth-order valence-electron chi connectivity index (χ4n) is 2.90. The summed E-state index contributed by atoms with van der Waals surface area (Å²) in [5.74, 6) is -0.287. The summed E-state index contributed by atoms with van der Waals surface area (Å²) in [5.41, 5.74) is 0. The molecule has 1 atom stereocenters. The van der Waals surface area contributed by atoms with E-state index < -0.39 is 26.3 Å². The Morgan fingerprint density at radius 3 is 2.56 bits per heavy atom. The summed E-state index contributed by atoms with van der Waals surface area (Å²) in [6.45, 7) is 9.02. The van der Waals surface area contributed by atoms with Crippen molar-refractivity contribution in [1.29, 1.82) is 0 Å². The molecule has 7 nitrogen and oxygen atoms in total. The molecule has 0 spiro atoms. The lowest BCUT2D eigenvalue weighted by atomic mass is 10.2. The van der Waals surface area contributed by atoms with Crippen LogP contribution in [0.3, 0.4) is 0 Å². The van der Waals surface area contributed by atoms with Gasteiger partial charge in [0.25, 0.3) is 0 Å². The van der Waals surface area contributed by atoms with E-state index in [2.05, 4.69) is 25.3 Å². The zero-order chi connectivity index (χ0) is 24.0. The number of benzene rings is 1. The highest BCUT2D eigenvalue weighted by Crippen LogP contribution is 2.25. The van der Waals surface area contributed by atoms with E-state index >= 15 is 0 Å². The highest BCUT2D eigenvalue weighted by molar-refractivity contribution is 6.71. The maximum Gasteiger partial charge on any atom is 0.334 e. The number of unbranched alkanes of at least 4 members (excludes halogenated alkanes) is 1. The Hall–Kier alpha value is -1.87. The molecule has 9 heteroatoms. The van der Waals surface area contributed by atoms with Crippen molar-refractivity contribution in [2.45, 2.75) is 58.3 Å². The highest BCUT2D eigenvalue weighted by Gasteiger charge is 2.24. The number of halogens is 1. The molecule has 0 aliphatic carbocycles. The number of para-hydroxylation sites is 1. The minimum Gasteiger partial charge on any atom is -0.468 e. The molecule has 0 amide bonds. The predicted octanol–water partition coefficient (Wildman–Crippen LogP) is 4.71. The van der Waals surface area contributed by atoms with Gasteiger partial charge in [-0.05, 0) is 44.6 Å². The van der Waals surface area contributed by atoms with Gasteiger partial charge < -0.3 is 18.6 Å². The average Bonchev–Trinajstić information content (AvgIpc) is 2.75. The van der Waals surface area contributed by atoms with Crippen LogP contribution < -0.4 is 10.1 Å². The normalized spacial score (nSPS) is 12.9. The molecule has 0 aliphatic heterocycles. The number of carbonyl (C=O) groups excluding carboxylic acids is 2. The summed E-state index contributed by atoms with van der Waals surface area (Å²) in [7, 11) is -0.420. The molecular weight excluding hydrogens is 450 g/mol. The van der Waals surface area contributed by atoms with E-state index in [0.717, 1.165) is 18.9 Å². The Bertz CT molecular complexity index is 756. The molecule has 0 aliphatic rings. The number of methoxy groups -OCH3 is 1. The van der Waals surface area contributed by atoms with Gasteiger partial charge in [-0.15, -0.1) is 0 Å². The molecule has 0 heterocycles. The number of nitrogens with one attached hydrogen (secondary N) is 1. The maximum atomic E-state index is 12.3. The van der Waals surface area contributed by atoms with Gasteiger partial charge in [-0.2, -0.15) is 0 Å². The standard InChI is InChI=1S/C23H36ClNO6Si/c1-6-8-15-32(4,5)30-14-13-20(23(27)28-3)25-17-18(16-22(26)29-7-2)31-21-12-10-9-11-19(21)24/h9-12,16,20,25H,6-8,13-15,17H2,1-5H3/b18-16-/t20-/m0/s1. The van der Waals surface area contributed by atoms with Gasteiger partial charge in [-0.1, -0.05) is 43.5 Å². The topological polar surface area (TPSA) is 83.1 Å². The SMILES string of the molecule is CCCC[Si](C)(C)OCC[C@H](NC/C(=C/C(=O)OCC)Oc1ccccc1Cl)C(=O)OC. The van der Waals surface area contributed by atoms with E-state index in [1.54, 1.807) is 31.2 Å². The number of carbonyl (C=O) groups is 2. The van der Waals surface area contributed by atoms with Crippen molar-refractivity contribution in [3.05, 3.63) is 41.1 Å². The van der Waals surface area contributed by atoms with Crippen molar-refractivity contribution in [1.82, 2.24) is 5.32 Å². The van der Waals surface area contributed by atoms with Crippen molar-refractivity contribution in [2.24, 2.45) is 0 Å². The first kappa shape index (κ1) is 28.2. The highest BCUT2D eigenvalue weighted by atomic mass is 35.5. The van der Waals surface area contributed by atoms with Crippen LogP contribution >= 0.6 is 11.6 Å². The minimum absolute atomic E-state index is 0.0977. The van der Waals surface area contributed by atoms with E-state index in [0.29, 0.717) is 23.8 Å². The molecule has 180 valence electrons. The van der Waals surface area contributed by atoms with Crippen LogP contribution in [0.15, 0.2) is 36.1 Å². The zero-order valence-corrected chi connectivity index (χ0v) is 21.5. The monoisotopic (exact) mass is 485 g/mol. The Morgan fingerprint density at radius 2 is 1.94 bits per heavy atom. The third-order valence-electron chi connectivity index (χ3n) is 4.68. The number of rotatable bonds is 15. The third-order valence-corrected chi connectivity index (χ3v) is 7.54. The average molecular weight is 486 g/mol. The Morgan fingerprint density at radius 1 is 1.22 bits per heavy atom. The van der Waals surface area contributed by atoms with E-state index in [9.17, 15) is 9.59 Å². The molecule has 0 fully saturated rings. The molecule has 0 aromatic heterocycles. The van der Waals surface area contributed by atoms with Crippen LogP contribution in [0.1, 0.15) is 33.1 Å². The fourth-order valence-corrected chi connectivity index (χ4v) is 5.09. The smallest absolute Gasteiger partial charge is 0.334 e. The maximum absolute atomic E-state index is 12.3. The Labute approximate surface area is 197 Å². The fraction of sp³-hybridized carbons (Fsp3) is 0.565. The molecule has 0 saturated carbocycles. The predicted molar refractivity (Wildman–Crippen MR) is 128 cm³/mol. The van der Waals surface area contributed by atoms with E-state index in [4.69, 9.17) is 30.2 Å². The van der Waals surface area contributed by atoms with Gasteiger partial charge >= 0.3 is 11.9 Å². The van der Waals surface area contributed by atoms with Crippen LogP contribution in [0.5, 0.6) is 5.75 Å². The lowest BCUT2D eigenvalue weighted by molar-refractivity contribution is -0.143. The molecule has 0 saturated heterocycles. The van der Waals surface area contributed by atoms with Crippen molar-refractivity contribution in [3.8, 4) is 5.75 Å². The lowest BCUT2D eigenvalue weighted by Gasteiger charge is -2.24. The van der Waals surface area contributed by atoms with Crippen LogP contribution in [0, 0.1) is 0 Å². The first-order valence-corrected chi connectivity index (χ1v) is 14.5. The minimum atomic E-state index is -1.76. The summed E-state index contributed by atoms with van der Waals surface area (Å²) in [6, 6.07) is 7.39. The second kappa shape index (κ2) is 15.1. The molecule has 1 rings (SSSR count). The molecule has 32 heavy (non-hydrogen) atoms. The summed E-state index contributed by atoms with van der Waals surface area (Å²) >= 11 is 6.17. The van der Waals surface area contributed by atoms with Crippen LogP contribution in [-0.2, 0) is 23.5 Å². The first-order chi connectivity index (χ1) is 15.2. The zero-order valence-electron chi connectivity index (χ0n) is 19.7. The second-order valence-electron chi connectivity index (χ2n) is 7.85. The molecular formula is C23H36ClNO6Si. The summed E-state index contributed by atoms with van der Waals surface area (Å²) < 4.78 is 21.9. The second-order valence-corrected chi connectivity index (χ2v) is 12.6. The quantitative estimate of drug-likeness (QED) is 0.167. The van der Waals surface area contributed by atoms with Gasteiger partial charge in [0.05, 0.1) is 31.4 Å². The van der Waals surface area contributed by atoms with Gasteiger partial charge in [0, 0.05) is 6.61 Å². The van der Waals surface area contributed by atoms with Crippen molar-refractivity contribution in [2.75, 3.05) is 26.9 Å². The van der Waals surface area contributed by atoms with Gasteiger partial charge in [0.15, 0.2) is 8.32 Å². The van der Waals surface area contributed by atoms with Crippen LogP contribution in [0.2, 0.25) is 24.2 Å². The van der Waals surface area contributed by atoms with E-state index in [1.807, 2.05) is 0 Å². The van der Waals surface area contributed by atoms with Crippen LogP contribution in [0.25, 0.3) is 0 Å². The van der Waals surface area contributed by atoms with Crippen molar-refractivity contribution in [3.63, 3.8) is 0 Å². The Balaban J connectivity index is 2.82. The number of ether oxygens (including phenoxy) is 3. The summed E-state index contributed by atoms with van der Waals surface area (Å²) in [5, 5.41) is 3.51. The number of hydrogen-bond acceptors (Lipinski definition) is 7. The van der Waals surface area contributed by atoms with Crippen LogP contribution in [-0.4, -0.2) is 53.2 Å². The molecule has 0 bridgehead atoms. The largest absolute Gasteiger partial charge is 0.468 e. The summed E-state index contributed by atoms with van der Waals surface area (Å²) in [4.78, 5) is 24.3. The first-order valence-electron chi connectivity index (χ1n) is 11.0. The van der Waals surface area contributed by atoms with Gasteiger partial charge in [0.1, 0.15) is 17.6 Å². The molecule has 0 unspecified atom stereocenters. The van der Waals surface area contributed by atoms with Gasteiger partial charge in [0.2, 0.25) is 0 Å². The Kier molecular flexibility index (Phi) is 13.2. The lowest BCUT2D eigenvalue weighted by Crippen LogP contribution is -2.41. The third kappa shape index (κ3) is 11.1. The van der Waals surface area contributed by atoms with Crippen molar-refractivity contribution >= 4 is 31.9 Å². The molecule has 1 N–H and O–H groups in total. The molecule has 1 aromatic carbocycles. The van der Waals surface area contributed by atoms with Crippen molar-refractivity contribution < 1.29 is 28.2 Å². The number of esters is 2. The van der Waals surface area contributed by atoms with Crippen LogP contribution in [0.4, 0.5) is 0 Å². The summed E-state index contributed by atoms with van der Waals surface area (Å²) in [6.07, 6.45) is 3.95.